The summed E-state index contributed by atoms with van der Waals surface area (Å²) in [6, 6.07) is 54.1. The highest BCUT2D eigenvalue weighted by atomic mass is 28.4. The van der Waals surface area contributed by atoms with Gasteiger partial charge in [-0.2, -0.15) is 0 Å². The van der Waals surface area contributed by atoms with E-state index in [1.54, 1.807) is 0 Å². The summed E-state index contributed by atoms with van der Waals surface area (Å²) in [6.45, 7) is 7.95. The van der Waals surface area contributed by atoms with Gasteiger partial charge in [0.2, 0.25) is 0 Å². The highest BCUT2D eigenvalue weighted by Gasteiger charge is 2.52. The molecule has 1 saturated heterocycles. The molecule has 0 spiro atoms. The van der Waals surface area contributed by atoms with Crippen molar-refractivity contribution in [3.8, 4) is 0 Å². The van der Waals surface area contributed by atoms with Crippen molar-refractivity contribution in [3.63, 3.8) is 0 Å². The first-order valence-corrected chi connectivity index (χ1v) is 19.8. The summed E-state index contributed by atoms with van der Waals surface area (Å²) in [5.74, 6) is 0. The summed E-state index contributed by atoms with van der Waals surface area (Å²) >= 11 is 0. The summed E-state index contributed by atoms with van der Waals surface area (Å²) in [5, 5.41) is 2.13. The molecule has 0 bridgehead atoms. The van der Waals surface area contributed by atoms with E-state index in [1.165, 1.54) is 27.2 Å². The van der Waals surface area contributed by atoms with Crippen molar-refractivity contribution in [2.75, 3.05) is 19.7 Å². The first-order chi connectivity index (χ1) is 25.2. The van der Waals surface area contributed by atoms with Crippen LogP contribution in [0.1, 0.15) is 43.7 Å². The van der Waals surface area contributed by atoms with Gasteiger partial charge in [-0.1, -0.05) is 172 Å². The third-order valence-electron chi connectivity index (χ3n) is 10.3. The minimum Gasteiger partial charge on any atom is -0.405 e. The maximum atomic E-state index is 13.4. The van der Waals surface area contributed by atoms with Crippen molar-refractivity contribution in [3.05, 3.63) is 201 Å². The number of hydrogen-bond donors (Lipinski definition) is 1. The van der Waals surface area contributed by atoms with Gasteiger partial charge in [0.25, 0.3) is 13.9 Å². The topological polar surface area (TPSA) is 76.6 Å². The molecule has 52 heavy (non-hydrogen) atoms. The highest BCUT2D eigenvalue weighted by molar-refractivity contribution is 6.99. The number of aromatic amines is 1. The van der Waals surface area contributed by atoms with Gasteiger partial charge in [0.1, 0.15) is 0 Å². The number of benzene rings is 5. The fraction of sp³-hybridized carbons (Fsp3) is 0.227. The fourth-order valence-electron chi connectivity index (χ4n) is 8.06. The first kappa shape index (κ1) is 35.3. The lowest BCUT2D eigenvalue weighted by atomic mass is 9.75. The van der Waals surface area contributed by atoms with Gasteiger partial charge in [0.05, 0.1) is 18.2 Å². The maximum Gasteiger partial charge on any atom is 0.330 e. The van der Waals surface area contributed by atoms with Crippen LogP contribution < -0.4 is 21.6 Å². The smallest absolute Gasteiger partial charge is 0.330 e. The Morgan fingerprint density at radius 3 is 1.52 bits per heavy atom. The normalized spacial score (nSPS) is 17.1. The van der Waals surface area contributed by atoms with Crippen molar-refractivity contribution in [2.45, 2.75) is 43.7 Å². The molecule has 6 aromatic rings. The van der Waals surface area contributed by atoms with Crippen molar-refractivity contribution in [1.82, 2.24) is 14.5 Å². The first-order valence-electron chi connectivity index (χ1n) is 17.9. The Kier molecular flexibility index (Phi) is 10.1. The summed E-state index contributed by atoms with van der Waals surface area (Å²) in [6.07, 6.45) is 0.362. The molecule has 1 N–H and O–H groups in total. The van der Waals surface area contributed by atoms with Crippen molar-refractivity contribution >= 4 is 18.7 Å². The number of hydrogen-bond acceptors (Lipinski definition) is 5. The van der Waals surface area contributed by atoms with E-state index < -0.39 is 37.4 Å². The Morgan fingerprint density at radius 2 is 1.10 bits per heavy atom. The van der Waals surface area contributed by atoms with Gasteiger partial charge < -0.3 is 9.16 Å². The SMILES string of the molecule is CC(C)(C)[Si](OC[C@@H]1CN(C(c2ccccc2)(c2ccccc2)c2ccccc2)C[C@H](n2ccc(=O)[nH]c2=O)O1)(c1ccccc1)c1ccccc1. The van der Waals surface area contributed by atoms with Gasteiger partial charge >= 0.3 is 5.69 Å². The van der Waals surface area contributed by atoms with Gasteiger partial charge in [-0.25, -0.2) is 4.79 Å². The zero-order valence-corrected chi connectivity index (χ0v) is 30.9. The van der Waals surface area contributed by atoms with E-state index in [1.807, 2.05) is 30.3 Å². The Hall–Kier alpha value is -5.12. The average molecular weight is 708 g/mol. The molecule has 264 valence electrons. The van der Waals surface area contributed by atoms with Gasteiger partial charge in [0, 0.05) is 25.4 Å². The van der Waals surface area contributed by atoms with Crippen LogP contribution in [-0.4, -0.2) is 48.6 Å². The molecule has 0 radical (unpaired) electrons. The molecular weight excluding hydrogens is 663 g/mol. The minimum absolute atomic E-state index is 0.235. The zero-order valence-electron chi connectivity index (χ0n) is 29.9. The van der Waals surface area contributed by atoms with Gasteiger partial charge in [-0.15, -0.1) is 0 Å². The molecule has 7 rings (SSSR count). The Balaban J connectivity index is 1.39. The van der Waals surface area contributed by atoms with E-state index in [9.17, 15) is 9.59 Å². The summed E-state index contributed by atoms with van der Waals surface area (Å²) in [4.78, 5) is 30.5. The lowest BCUT2D eigenvalue weighted by molar-refractivity contribution is -0.149. The third-order valence-corrected chi connectivity index (χ3v) is 15.3. The van der Waals surface area contributed by atoms with Crippen molar-refractivity contribution < 1.29 is 9.16 Å². The average Bonchev–Trinajstić information content (AvgIpc) is 3.17. The molecule has 0 saturated carbocycles. The molecule has 0 aliphatic carbocycles. The second kappa shape index (κ2) is 14.9. The van der Waals surface area contributed by atoms with Crippen LogP contribution in [0.4, 0.5) is 0 Å². The number of H-pyrrole nitrogens is 1. The van der Waals surface area contributed by atoms with E-state index in [0.29, 0.717) is 13.1 Å². The molecule has 0 amide bonds. The molecule has 1 aliphatic rings. The molecule has 2 heterocycles. The quantitative estimate of drug-likeness (QED) is 0.134. The molecule has 1 aromatic heterocycles. The zero-order chi connectivity index (χ0) is 36.2. The fourth-order valence-corrected chi connectivity index (χ4v) is 12.6. The molecule has 1 fully saturated rings. The predicted molar refractivity (Wildman–Crippen MR) is 210 cm³/mol. The second-order valence-corrected chi connectivity index (χ2v) is 18.7. The van der Waals surface area contributed by atoms with Crippen LogP contribution in [0.15, 0.2) is 174 Å². The number of ether oxygens (including phenoxy) is 1. The van der Waals surface area contributed by atoms with Crippen LogP contribution in [-0.2, 0) is 14.7 Å². The molecule has 5 aromatic carbocycles. The van der Waals surface area contributed by atoms with E-state index in [2.05, 4.69) is 152 Å². The van der Waals surface area contributed by atoms with E-state index in [-0.39, 0.29) is 11.6 Å². The van der Waals surface area contributed by atoms with Crippen LogP contribution in [0.25, 0.3) is 0 Å². The number of morpholine rings is 1. The van der Waals surface area contributed by atoms with Crippen LogP contribution >= 0.6 is 0 Å². The van der Waals surface area contributed by atoms with Crippen molar-refractivity contribution in [2.24, 2.45) is 0 Å². The molecule has 1 aliphatic heterocycles. The van der Waals surface area contributed by atoms with Crippen LogP contribution in [0.5, 0.6) is 0 Å². The van der Waals surface area contributed by atoms with E-state index in [4.69, 9.17) is 9.16 Å². The summed E-state index contributed by atoms with van der Waals surface area (Å²) in [5.41, 5.74) is 1.55. The van der Waals surface area contributed by atoms with Crippen molar-refractivity contribution in [1.29, 1.82) is 0 Å². The Bertz CT molecular complexity index is 2030. The van der Waals surface area contributed by atoms with E-state index in [0.717, 1.165) is 16.7 Å². The lowest BCUT2D eigenvalue weighted by Crippen LogP contribution is -2.67. The van der Waals surface area contributed by atoms with Gasteiger partial charge in [0.15, 0.2) is 6.23 Å². The van der Waals surface area contributed by atoms with E-state index >= 15 is 0 Å². The predicted octanol–water partition coefficient (Wildman–Crippen LogP) is 6.30. The highest BCUT2D eigenvalue weighted by Crippen LogP contribution is 2.45. The van der Waals surface area contributed by atoms with Gasteiger partial charge in [-0.3, -0.25) is 19.2 Å². The summed E-state index contributed by atoms with van der Waals surface area (Å²) < 4.78 is 15.9. The summed E-state index contributed by atoms with van der Waals surface area (Å²) in [7, 11) is -2.93. The van der Waals surface area contributed by atoms with Crippen LogP contribution in [0.2, 0.25) is 5.04 Å². The minimum atomic E-state index is -2.93. The number of rotatable bonds is 10. The standard InChI is InChI=1S/C44H45N3O4Si/c1-43(2,3)52(38-25-15-7-16-26-38,39-27-17-8-18-28-39)50-33-37-31-46(32-41(51-37)47-30-29-40(48)45-42(47)49)44(34-19-9-4-10-20-34,35-21-11-5-12-22-35)36-23-13-6-14-24-36/h4-30,37,41H,31-33H2,1-3H3,(H,45,48,49)/t37-,41+/m0/s1. The monoisotopic (exact) mass is 707 g/mol. The number of nitrogens with one attached hydrogen (secondary N) is 1. The number of nitrogens with zero attached hydrogens (tertiary/aromatic N) is 2. The maximum absolute atomic E-state index is 13.4. The lowest BCUT2D eigenvalue weighted by Gasteiger charge is -2.51. The number of aromatic nitrogens is 2. The van der Waals surface area contributed by atoms with Crippen LogP contribution in [0, 0.1) is 0 Å². The molecule has 2 atom stereocenters. The second-order valence-electron chi connectivity index (χ2n) is 14.4. The van der Waals surface area contributed by atoms with Crippen LogP contribution in [0.3, 0.4) is 0 Å². The molecule has 8 heteroatoms. The Labute approximate surface area is 306 Å². The molecular formula is C44H45N3O4Si. The van der Waals surface area contributed by atoms with Gasteiger partial charge in [-0.05, 0) is 32.1 Å². The molecule has 0 unspecified atom stereocenters. The largest absolute Gasteiger partial charge is 0.405 e. The third kappa shape index (κ3) is 6.55. The Morgan fingerprint density at radius 1 is 0.654 bits per heavy atom. The molecule has 7 nitrogen and oxygen atoms in total.